The molecule has 0 saturated carbocycles. The lowest BCUT2D eigenvalue weighted by molar-refractivity contribution is -0.154. The quantitative estimate of drug-likeness (QED) is 0.343. The predicted molar refractivity (Wildman–Crippen MR) is 98.2 cm³/mol. The summed E-state index contributed by atoms with van der Waals surface area (Å²) in [7, 11) is 0. The van der Waals surface area contributed by atoms with Crippen molar-refractivity contribution in [3.63, 3.8) is 0 Å². The van der Waals surface area contributed by atoms with Gasteiger partial charge in [0.05, 0.1) is 0 Å². The Morgan fingerprint density at radius 1 is 0.840 bits per heavy atom. The molecule has 5 heteroatoms. The molecule has 1 fully saturated rings. The van der Waals surface area contributed by atoms with E-state index in [-0.39, 0.29) is 24.7 Å². The molecule has 0 bridgehead atoms. The van der Waals surface area contributed by atoms with Gasteiger partial charge in [0.2, 0.25) is 11.8 Å². The molecule has 5 nitrogen and oxygen atoms in total. The standard InChI is InChI=1S/C20H35NO4/c1-2-3-4-5-6-7-8-9-10-11-12-13-14-17(20(24)25)21-18(22)15-16-19(21)23/h17H,2-16H2,1H3,(H,24,25). The second-order valence-electron chi connectivity index (χ2n) is 7.19. The molecule has 25 heavy (non-hydrogen) atoms. The summed E-state index contributed by atoms with van der Waals surface area (Å²) in [6, 6.07) is -0.967. The van der Waals surface area contributed by atoms with Gasteiger partial charge >= 0.3 is 5.97 Å². The van der Waals surface area contributed by atoms with Crippen molar-refractivity contribution in [1.29, 1.82) is 0 Å². The molecule has 1 saturated heterocycles. The van der Waals surface area contributed by atoms with Crippen LogP contribution in [0.15, 0.2) is 0 Å². The van der Waals surface area contributed by atoms with Crippen LogP contribution in [0.4, 0.5) is 0 Å². The number of hydrogen-bond acceptors (Lipinski definition) is 3. The lowest BCUT2D eigenvalue weighted by Crippen LogP contribution is -2.44. The van der Waals surface area contributed by atoms with Crippen LogP contribution in [0.5, 0.6) is 0 Å². The van der Waals surface area contributed by atoms with Crippen LogP contribution in [0.3, 0.4) is 0 Å². The zero-order chi connectivity index (χ0) is 18.5. The van der Waals surface area contributed by atoms with E-state index in [4.69, 9.17) is 0 Å². The molecule has 0 spiro atoms. The third kappa shape index (κ3) is 8.50. The first-order valence-corrected chi connectivity index (χ1v) is 10.2. The van der Waals surface area contributed by atoms with Gasteiger partial charge in [-0.15, -0.1) is 0 Å². The maximum absolute atomic E-state index is 11.7. The number of aliphatic carboxylic acids is 1. The molecule has 0 aliphatic carbocycles. The second kappa shape index (κ2) is 12.9. The number of unbranched alkanes of at least 4 members (excludes halogenated alkanes) is 11. The van der Waals surface area contributed by atoms with Crippen molar-refractivity contribution in [3.8, 4) is 0 Å². The van der Waals surface area contributed by atoms with Crippen molar-refractivity contribution in [2.45, 2.75) is 109 Å². The lowest BCUT2D eigenvalue weighted by atomic mass is 10.0. The van der Waals surface area contributed by atoms with Gasteiger partial charge in [0, 0.05) is 12.8 Å². The fourth-order valence-corrected chi connectivity index (χ4v) is 3.48. The Bertz CT molecular complexity index is 406. The number of carbonyl (C=O) groups is 3. The van der Waals surface area contributed by atoms with Crippen LogP contribution in [-0.4, -0.2) is 33.8 Å². The molecule has 1 heterocycles. The number of hydrogen-bond donors (Lipinski definition) is 1. The number of nitrogens with zero attached hydrogens (tertiary/aromatic N) is 1. The number of carbonyl (C=O) groups excluding carboxylic acids is 2. The minimum absolute atomic E-state index is 0.154. The fraction of sp³-hybridized carbons (Fsp3) is 0.850. The Labute approximate surface area is 152 Å². The van der Waals surface area contributed by atoms with Gasteiger partial charge in [-0.05, 0) is 6.42 Å². The van der Waals surface area contributed by atoms with Crippen molar-refractivity contribution in [2.75, 3.05) is 0 Å². The Morgan fingerprint density at radius 3 is 1.64 bits per heavy atom. The Hall–Kier alpha value is -1.39. The highest BCUT2D eigenvalue weighted by molar-refractivity contribution is 6.04. The maximum atomic E-state index is 11.7. The van der Waals surface area contributed by atoms with Crippen molar-refractivity contribution < 1.29 is 19.5 Å². The molecule has 0 aromatic rings. The molecule has 144 valence electrons. The van der Waals surface area contributed by atoms with Crippen LogP contribution in [0, 0.1) is 0 Å². The number of rotatable bonds is 15. The Kier molecular flexibility index (Phi) is 11.2. The van der Waals surface area contributed by atoms with E-state index in [0.29, 0.717) is 6.42 Å². The van der Waals surface area contributed by atoms with Crippen LogP contribution >= 0.6 is 0 Å². The van der Waals surface area contributed by atoms with Crippen LogP contribution in [-0.2, 0) is 14.4 Å². The van der Waals surface area contributed by atoms with E-state index in [0.717, 1.165) is 24.2 Å². The van der Waals surface area contributed by atoms with E-state index < -0.39 is 12.0 Å². The molecular formula is C20H35NO4. The molecule has 2 amide bonds. The van der Waals surface area contributed by atoms with Crippen molar-refractivity contribution in [1.82, 2.24) is 4.90 Å². The Balaban J connectivity index is 2.05. The number of imide groups is 1. The Morgan fingerprint density at radius 2 is 1.24 bits per heavy atom. The van der Waals surface area contributed by atoms with E-state index in [9.17, 15) is 19.5 Å². The molecular weight excluding hydrogens is 318 g/mol. The van der Waals surface area contributed by atoms with Gasteiger partial charge in [0.1, 0.15) is 6.04 Å². The highest BCUT2D eigenvalue weighted by atomic mass is 16.4. The summed E-state index contributed by atoms with van der Waals surface area (Å²) in [5.74, 6) is -1.74. The van der Waals surface area contributed by atoms with E-state index in [1.54, 1.807) is 0 Å². The molecule has 1 aliphatic heterocycles. The monoisotopic (exact) mass is 353 g/mol. The highest BCUT2D eigenvalue weighted by Gasteiger charge is 2.38. The van der Waals surface area contributed by atoms with E-state index >= 15 is 0 Å². The zero-order valence-corrected chi connectivity index (χ0v) is 15.8. The van der Waals surface area contributed by atoms with Crippen LogP contribution in [0.1, 0.15) is 103 Å². The first-order chi connectivity index (χ1) is 12.1. The van der Waals surface area contributed by atoms with E-state index in [2.05, 4.69) is 6.92 Å². The van der Waals surface area contributed by atoms with Gasteiger partial charge in [0.15, 0.2) is 0 Å². The summed E-state index contributed by atoms with van der Waals surface area (Å²) in [4.78, 5) is 35.7. The average molecular weight is 354 g/mol. The third-order valence-corrected chi connectivity index (χ3v) is 5.02. The molecule has 0 aromatic carbocycles. The zero-order valence-electron chi connectivity index (χ0n) is 15.8. The number of amides is 2. The summed E-state index contributed by atoms with van der Waals surface area (Å²) in [5, 5.41) is 9.30. The summed E-state index contributed by atoms with van der Waals surface area (Å²) >= 11 is 0. The smallest absolute Gasteiger partial charge is 0.326 e. The molecule has 0 radical (unpaired) electrons. The van der Waals surface area contributed by atoms with Gasteiger partial charge < -0.3 is 5.11 Å². The molecule has 1 atom stereocenters. The topological polar surface area (TPSA) is 74.7 Å². The number of carboxylic acids is 1. The predicted octanol–water partition coefficient (Wildman–Crippen LogP) is 4.68. The number of carboxylic acid groups (broad SMARTS) is 1. The van der Waals surface area contributed by atoms with Crippen LogP contribution in [0.25, 0.3) is 0 Å². The molecule has 1 rings (SSSR count). The largest absolute Gasteiger partial charge is 0.480 e. The van der Waals surface area contributed by atoms with Gasteiger partial charge in [-0.3, -0.25) is 14.5 Å². The summed E-state index contributed by atoms with van der Waals surface area (Å²) in [5.41, 5.74) is 0. The van der Waals surface area contributed by atoms with E-state index in [1.807, 2.05) is 0 Å². The minimum Gasteiger partial charge on any atom is -0.480 e. The van der Waals surface area contributed by atoms with Gasteiger partial charge in [-0.1, -0.05) is 84.0 Å². The SMILES string of the molecule is CCCCCCCCCCCCCCC(C(=O)O)N1C(=O)CCC1=O. The molecule has 1 unspecified atom stereocenters. The number of likely N-dealkylation sites (tertiary alicyclic amines) is 1. The lowest BCUT2D eigenvalue weighted by Gasteiger charge is -2.22. The highest BCUT2D eigenvalue weighted by Crippen LogP contribution is 2.20. The van der Waals surface area contributed by atoms with Crippen molar-refractivity contribution in [2.24, 2.45) is 0 Å². The minimum atomic E-state index is -1.06. The summed E-state index contributed by atoms with van der Waals surface area (Å²) in [6.07, 6.45) is 15.3. The normalized spacial score (nSPS) is 15.8. The van der Waals surface area contributed by atoms with Gasteiger partial charge in [-0.2, -0.15) is 0 Å². The first kappa shape index (κ1) is 21.7. The van der Waals surface area contributed by atoms with Crippen molar-refractivity contribution >= 4 is 17.8 Å². The second-order valence-corrected chi connectivity index (χ2v) is 7.19. The molecule has 1 N–H and O–H groups in total. The first-order valence-electron chi connectivity index (χ1n) is 10.2. The van der Waals surface area contributed by atoms with Crippen LogP contribution < -0.4 is 0 Å². The van der Waals surface area contributed by atoms with Gasteiger partial charge in [-0.25, -0.2) is 4.79 Å². The van der Waals surface area contributed by atoms with E-state index in [1.165, 1.54) is 57.8 Å². The maximum Gasteiger partial charge on any atom is 0.326 e. The van der Waals surface area contributed by atoms with Gasteiger partial charge in [0.25, 0.3) is 0 Å². The molecule has 0 aromatic heterocycles. The van der Waals surface area contributed by atoms with Crippen molar-refractivity contribution in [3.05, 3.63) is 0 Å². The summed E-state index contributed by atoms with van der Waals surface area (Å²) < 4.78 is 0. The molecule has 1 aliphatic rings. The summed E-state index contributed by atoms with van der Waals surface area (Å²) in [6.45, 7) is 2.24. The third-order valence-electron chi connectivity index (χ3n) is 5.02. The average Bonchev–Trinajstić information content (AvgIpc) is 2.91. The fourth-order valence-electron chi connectivity index (χ4n) is 3.48. The van der Waals surface area contributed by atoms with Crippen LogP contribution in [0.2, 0.25) is 0 Å².